The number of hydrogen-bond donors (Lipinski definition) is 2. The molecule has 1 aromatic heterocycles. The summed E-state index contributed by atoms with van der Waals surface area (Å²) in [4.78, 5) is 17.2. The third-order valence-corrected chi connectivity index (χ3v) is 4.09. The van der Waals surface area contributed by atoms with E-state index in [2.05, 4.69) is 21.8 Å². The molecule has 0 aliphatic rings. The van der Waals surface area contributed by atoms with Crippen molar-refractivity contribution in [2.75, 3.05) is 13.2 Å². The first-order valence-corrected chi connectivity index (χ1v) is 8.39. The summed E-state index contributed by atoms with van der Waals surface area (Å²) in [5.74, 6) is 0.119. The predicted octanol–water partition coefficient (Wildman–Crippen LogP) is 3.19. The van der Waals surface area contributed by atoms with Crippen LogP contribution < -0.4 is 11.1 Å². The number of halogens is 1. The molecule has 24 heavy (non-hydrogen) atoms. The van der Waals surface area contributed by atoms with Crippen LogP contribution in [0.25, 0.3) is 0 Å². The minimum atomic E-state index is -0.308. The Kier molecular flexibility index (Phi) is 9.39. The van der Waals surface area contributed by atoms with E-state index in [1.165, 1.54) is 4.88 Å². The van der Waals surface area contributed by atoms with Crippen molar-refractivity contribution in [2.24, 2.45) is 10.7 Å². The predicted molar refractivity (Wildman–Crippen MR) is 109 cm³/mol. The lowest BCUT2D eigenvalue weighted by Crippen LogP contribution is -2.33. The highest BCUT2D eigenvalue weighted by atomic mass is 127. The monoisotopic (exact) mass is 459 g/mol. The van der Waals surface area contributed by atoms with Gasteiger partial charge in [0.1, 0.15) is 0 Å². The first-order chi connectivity index (χ1) is 11.2. The number of nitrogens with zero attached hydrogens (tertiary/aromatic N) is 1. The van der Waals surface area contributed by atoms with E-state index in [1.807, 2.05) is 18.2 Å². The number of benzene rings is 1. The summed E-state index contributed by atoms with van der Waals surface area (Å²) in [6, 6.07) is 11.3. The summed E-state index contributed by atoms with van der Waals surface area (Å²) in [7, 11) is 0. The number of thiophene rings is 1. The molecule has 2 rings (SSSR count). The number of aliphatic imine (C=N–C) groups is 1. The molecule has 0 spiro atoms. The van der Waals surface area contributed by atoms with Gasteiger partial charge >= 0.3 is 5.97 Å². The molecule has 1 heterocycles. The zero-order valence-electron chi connectivity index (χ0n) is 13.5. The number of hydrogen-bond acceptors (Lipinski definition) is 4. The molecule has 0 amide bonds. The number of rotatable bonds is 7. The van der Waals surface area contributed by atoms with E-state index in [0.717, 1.165) is 18.5 Å². The summed E-state index contributed by atoms with van der Waals surface area (Å²) < 4.78 is 4.95. The van der Waals surface area contributed by atoms with Gasteiger partial charge in [-0.3, -0.25) is 0 Å². The van der Waals surface area contributed by atoms with Crippen molar-refractivity contribution in [3.63, 3.8) is 0 Å². The zero-order valence-corrected chi connectivity index (χ0v) is 16.7. The Balaban J connectivity index is 0.00000288. The molecule has 2 aromatic rings. The maximum Gasteiger partial charge on any atom is 0.338 e. The van der Waals surface area contributed by atoms with Crippen molar-refractivity contribution in [3.8, 4) is 0 Å². The summed E-state index contributed by atoms with van der Waals surface area (Å²) in [6.45, 7) is 3.40. The quantitative estimate of drug-likeness (QED) is 0.289. The van der Waals surface area contributed by atoms with Crippen molar-refractivity contribution >= 4 is 47.2 Å². The molecule has 0 unspecified atom stereocenters. The maximum atomic E-state index is 11.6. The Morgan fingerprint density at radius 1 is 1.29 bits per heavy atom. The van der Waals surface area contributed by atoms with Crippen LogP contribution >= 0.6 is 35.3 Å². The van der Waals surface area contributed by atoms with Gasteiger partial charge in [0.2, 0.25) is 0 Å². The van der Waals surface area contributed by atoms with Gasteiger partial charge in [0, 0.05) is 11.4 Å². The number of carbonyl (C=O) groups excluding carboxylic acids is 1. The minimum Gasteiger partial charge on any atom is -0.462 e. The lowest BCUT2D eigenvalue weighted by atomic mass is 10.1. The summed E-state index contributed by atoms with van der Waals surface area (Å²) in [5, 5.41) is 5.16. The van der Waals surface area contributed by atoms with Crippen LogP contribution in [-0.4, -0.2) is 25.1 Å². The molecule has 1 aromatic carbocycles. The lowest BCUT2D eigenvalue weighted by Gasteiger charge is -2.05. The van der Waals surface area contributed by atoms with E-state index < -0.39 is 0 Å². The second kappa shape index (κ2) is 11.0. The molecule has 0 saturated heterocycles. The molecule has 0 fully saturated rings. The molecule has 0 saturated carbocycles. The van der Waals surface area contributed by atoms with E-state index >= 15 is 0 Å². The Labute approximate surface area is 163 Å². The van der Waals surface area contributed by atoms with Gasteiger partial charge in [-0.25, -0.2) is 9.79 Å². The summed E-state index contributed by atoms with van der Waals surface area (Å²) in [5.41, 5.74) is 7.38. The van der Waals surface area contributed by atoms with Gasteiger partial charge in [0.05, 0.1) is 18.7 Å². The van der Waals surface area contributed by atoms with E-state index in [1.54, 1.807) is 30.4 Å². The van der Waals surface area contributed by atoms with Crippen LogP contribution in [0.1, 0.15) is 27.7 Å². The van der Waals surface area contributed by atoms with Gasteiger partial charge in [-0.2, -0.15) is 0 Å². The number of nitrogens with two attached hydrogens (primary N) is 1. The summed E-state index contributed by atoms with van der Waals surface area (Å²) in [6.07, 6.45) is 0.933. The van der Waals surface area contributed by atoms with Crippen LogP contribution in [0.15, 0.2) is 46.8 Å². The van der Waals surface area contributed by atoms with Crippen molar-refractivity contribution in [2.45, 2.75) is 19.9 Å². The molecular weight excluding hydrogens is 437 g/mol. The Morgan fingerprint density at radius 2 is 2.04 bits per heavy atom. The number of carbonyl (C=O) groups is 1. The Hall–Kier alpha value is -1.61. The van der Waals surface area contributed by atoms with Crippen LogP contribution in [-0.2, 0) is 17.7 Å². The zero-order chi connectivity index (χ0) is 16.5. The number of nitrogens with one attached hydrogen (secondary N) is 1. The third kappa shape index (κ3) is 6.88. The SMILES string of the molecule is CCOC(=O)c1ccc(CN=C(N)NCCc2cccs2)cc1.I. The highest BCUT2D eigenvalue weighted by Crippen LogP contribution is 2.08. The second-order valence-electron chi connectivity index (χ2n) is 4.88. The average molecular weight is 459 g/mol. The van der Waals surface area contributed by atoms with Gasteiger partial charge in [0.15, 0.2) is 5.96 Å². The lowest BCUT2D eigenvalue weighted by molar-refractivity contribution is 0.0526. The molecule has 0 aliphatic heterocycles. The Morgan fingerprint density at radius 3 is 2.67 bits per heavy atom. The van der Waals surface area contributed by atoms with Gasteiger partial charge in [0.25, 0.3) is 0 Å². The second-order valence-corrected chi connectivity index (χ2v) is 5.91. The smallest absolute Gasteiger partial charge is 0.338 e. The van der Waals surface area contributed by atoms with Gasteiger partial charge in [-0.1, -0.05) is 18.2 Å². The highest BCUT2D eigenvalue weighted by molar-refractivity contribution is 14.0. The molecule has 130 valence electrons. The first kappa shape index (κ1) is 20.4. The van der Waals surface area contributed by atoms with Gasteiger partial charge < -0.3 is 15.8 Å². The van der Waals surface area contributed by atoms with Crippen LogP contribution in [0.4, 0.5) is 0 Å². The maximum absolute atomic E-state index is 11.6. The number of esters is 1. The number of ether oxygens (including phenoxy) is 1. The molecular formula is C17H22IN3O2S. The van der Waals surface area contributed by atoms with Crippen molar-refractivity contribution in [1.29, 1.82) is 0 Å². The van der Waals surface area contributed by atoms with Crippen molar-refractivity contribution in [3.05, 3.63) is 57.8 Å². The van der Waals surface area contributed by atoms with Crippen LogP contribution in [0.5, 0.6) is 0 Å². The topological polar surface area (TPSA) is 76.7 Å². The van der Waals surface area contributed by atoms with E-state index in [0.29, 0.717) is 24.7 Å². The van der Waals surface area contributed by atoms with Crippen LogP contribution in [0, 0.1) is 0 Å². The van der Waals surface area contributed by atoms with Gasteiger partial charge in [-0.15, -0.1) is 35.3 Å². The highest BCUT2D eigenvalue weighted by Gasteiger charge is 2.05. The fraction of sp³-hybridized carbons (Fsp3) is 0.294. The standard InChI is InChI=1S/C17H21N3O2S.HI/c1-2-22-16(21)14-7-5-13(6-8-14)12-20-17(18)19-10-9-15-4-3-11-23-15;/h3-8,11H,2,9-10,12H2,1H3,(H3,18,19,20);1H. The van der Waals surface area contributed by atoms with Crippen LogP contribution in [0.3, 0.4) is 0 Å². The Bertz CT molecular complexity index is 642. The fourth-order valence-corrected chi connectivity index (χ4v) is 2.67. The third-order valence-electron chi connectivity index (χ3n) is 3.15. The molecule has 5 nitrogen and oxygen atoms in total. The molecule has 0 aliphatic carbocycles. The van der Waals surface area contributed by atoms with E-state index in [9.17, 15) is 4.79 Å². The van der Waals surface area contributed by atoms with E-state index in [-0.39, 0.29) is 29.9 Å². The molecule has 0 atom stereocenters. The fourth-order valence-electron chi connectivity index (χ4n) is 1.96. The van der Waals surface area contributed by atoms with Crippen LogP contribution in [0.2, 0.25) is 0 Å². The molecule has 7 heteroatoms. The van der Waals surface area contributed by atoms with Crippen molar-refractivity contribution < 1.29 is 9.53 Å². The average Bonchev–Trinajstić information content (AvgIpc) is 3.07. The van der Waals surface area contributed by atoms with Gasteiger partial charge in [-0.05, 0) is 42.5 Å². The molecule has 0 bridgehead atoms. The number of guanidine groups is 1. The minimum absolute atomic E-state index is 0. The first-order valence-electron chi connectivity index (χ1n) is 7.51. The largest absolute Gasteiger partial charge is 0.462 e. The normalized spacial score (nSPS) is 10.8. The summed E-state index contributed by atoms with van der Waals surface area (Å²) >= 11 is 1.73. The van der Waals surface area contributed by atoms with E-state index in [4.69, 9.17) is 10.5 Å². The molecule has 0 radical (unpaired) electrons. The molecule has 3 N–H and O–H groups in total. The van der Waals surface area contributed by atoms with Crippen molar-refractivity contribution in [1.82, 2.24) is 5.32 Å².